The molecule has 136 valence electrons. The first-order valence-electron chi connectivity index (χ1n) is 8.56. The number of ether oxygens (including phenoxy) is 1. The second-order valence-corrected chi connectivity index (χ2v) is 7.41. The van der Waals surface area contributed by atoms with Gasteiger partial charge in [-0.2, -0.15) is 0 Å². The van der Waals surface area contributed by atoms with E-state index >= 15 is 0 Å². The van der Waals surface area contributed by atoms with Gasteiger partial charge in [-0.3, -0.25) is 4.79 Å². The van der Waals surface area contributed by atoms with Crippen LogP contribution >= 0.6 is 0 Å². The van der Waals surface area contributed by atoms with Crippen molar-refractivity contribution in [1.29, 1.82) is 0 Å². The van der Waals surface area contributed by atoms with E-state index in [4.69, 9.17) is 4.74 Å². The molecule has 0 unspecified atom stereocenters. The van der Waals surface area contributed by atoms with Gasteiger partial charge in [0.2, 0.25) is 5.91 Å². The van der Waals surface area contributed by atoms with Crippen molar-refractivity contribution in [2.45, 2.75) is 58.8 Å². The molecule has 3 atom stereocenters. The van der Waals surface area contributed by atoms with E-state index in [2.05, 4.69) is 0 Å². The molecule has 1 fully saturated rings. The van der Waals surface area contributed by atoms with Crippen LogP contribution in [0.2, 0.25) is 0 Å². The van der Waals surface area contributed by atoms with Gasteiger partial charge in [0.15, 0.2) is 0 Å². The molecule has 25 heavy (non-hydrogen) atoms. The highest BCUT2D eigenvalue weighted by Gasteiger charge is 2.51. The average molecular weight is 345 g/mol. The molecule has 2 amide bonds. The van der Waals surface area contributed by atoms with Crippen LogP contribution in [0.1, 0.15) is 40.2 Å². The van der Waals surface area contributed by atoms with Crippen molar-refractivity contribution < 1.29 is 19.4 Å². The number of amides is 2. The molecule has 1 aromatic carbocycles. The topological polar surface area (TPSA) is 66.8 Å². The van der Waals surface area contributed by atoms with Gasteiger partial charge in [0.25, 0.3) is 0 Å². The monoisotopic (exact) mass is 345 g/mol. The molecule has 1 saturated heterocycles. The number of cyclic esters (lactones) is 1. The average Bonchev–Trinajstić information content (AvgIpc) is 2.75. The number of imide groups is 1. The zero-order valence-electron chi connectivity index (χ0n) is 15.5. The van der Waals surface area contributed by atoms with Crippen LogP contribution in [0, 0.1) is 5.92 Å². The van der Waals surface area contributed by atoms with Gasteiger partial charge < -0.3 is 9.84 Å². The van der Waals surface area contributed by atoms with Crippen molar-refractivity contribution in [1.82, 2.24) is 4.90 Å². The minimum Gasteiger partial charge on any atom is -0.441 e. The number of nitrogens with zero attached hydrogens (tertiary/aromatic N) is 1. The van der Waals surface area contributed by atoms with Gasteiger partial charge in [0.1, 0.15) is 5.60 Å². The van der Waals surface area contributed by atoms with E-state index in [-0.39, 0.29) is 0 Å². The molecular formula is C20H27NO4. The summed E-state index contributed by atoms with van der Waals surface area (Å²) in [6.45, 7) is 8.95. The highest BCUT2D eigenvalue weighted by molar-refractivity contribution is 5.95. The molecule has 0 radical (unpaired) electrons. The Morgan fingerprint density at radius 2 is 1.92 bits per heavy atom. The number of aliphatic hydroxyl groups is 1. The second kappa shape index (κ2) is 7.40. The molecular weight excluding hydrogens is 318 g/mol. The van der Waals surface area contributed by atoms with Gasteiger partial charge >= 0.3 is 6.09 Å². The third-order valence-electron chi connectivity index (χ3n) is 4.58. The fraction of sp³-hybridized carbons (Fsp3) is 0.500. The molecule has 0 saturated carbocycles. The van der Waals surface area contributed by atoms with Gasteiger partial charge in [0.05, 0.1) is 18.1 Å². The van der Waals surface area contributed by atoms with Gasteiger partial charge in [-0.1, -0.05) is 48.9 Å². The molecule has 0 aliphatic carbocycles. The number of aliphatic hydroxyl groups excluding tert-OH is 1. The minimum absolute atomic E-state index is 0.415. The third kappa shape index (κ3) is 4.28. The van der Waals surface area contributed by atoms with Crippen molar-refractivity contribution in [2.24, 2.45) is 5.92 Å². The van der Waals surface area contributed by atoms with E-state index in [0.29, 0.717) is 6.42 Å². The van der Waals surface area contributed by atoms with Crippen LogP contribution in [0.4, 0.5) is 4.79 Å². The Morgan fingerprint density at radius 1 is 1.32 bits per heavy atom. The predicted molar refractivity (Wildman–Crippen MR) is 95.9 cm³/mol. The Labute approximate surface area is 149 Å². The lowest BCUT2D eigenvalue weighted by atomic mass is 9.91. The van der Waals surface area contributed by atoms with Crippen molar-refractivity contribution in [2.75, 3.05) is 0 Å². The maximum Gasteiger partial charge on any atom is 0.417 e. The summed E-state index contributed by atoms with van der Waals surface area (Å²) in [6.07, 6.45) is 0.552. The van der Waals surface area contributed by atoms with Crippen molar-refractivity contribution in [3.63, 3.8) is 0 Å². The van der Waals surface area contributed by atoms with Crippen LogP contribution in [0.3, 0.4) is 0 Å². The smallest absolute Gasteiger partial charge is 0.417 e. The van der Waals surface area contributed by atoms with E-state index in [9.17, 15) is 14.7 Å². The number of hydrogen-bond acceptors (Lipinski definition) is 4. The molecule has 2 rings (SSSR count). The van der Waals surface area contributed by atoms with Crippen LogP contribution in [-0.2, 0) is 16.0 Å². The zero-order chi connectivity index (χ0) is 18.8. The Kier molecular flexibility index (Phi) is 5.68. The summed E-state index contributed by atoms with van der Waals surface area (Å²) in [4.78, 5) is 26.5. The van der Waals surface area contributed by atoms with E-state index in [1.54, 1.807) is 13.0 Å². The minimum atomic E-state index is -0.939. The zero-order valence-corrected chi connectivity index (χ0v) is 15.5. The summed E-state index contributed by atoms with van der Waals surface area (Å²) in [5, 5.41) is 10.2. The van der Waals surface area contributed by atoms with Crippen molar-refractivity contribution in [3.05, 3.63) is 47.5 Å². The standard InChI is InChI=1S/C20H27NO4/c1-13(2)11-16(22)14(3)18(23)21-17(20(4,5)25-19(21)24)12-15-9-7-6-8-10-15/h6-11,14,16-17,22H,12H2,1-5H3/t14-,16+,17-/m0/s1. The number of rotatable bonds is 5. The van der Waals surface area contributed by atoms with Gasteiger partial charge in [-0.05, 0) is 39.7 Å². The van der Waals surface area contributed by atoms with Crippen LogP contribution < -0.4 is 0 Å². The van der Waals surface area contributed by atoms with E-state index < -0.39 is 35.7 Å². The summed E-state index contributed by atoms with van der Waals surface area (Å²) in [6, 6.07) is 9.27. The molecule has 5 heteroatoms. The lowest BCUT2D eigenvalue weighted by molar-refractivity contribution is -0.135. The fourth-order valence-electron chi connectivity index (χ4n) is 3.05. The molecule has 0 spiro atoms. The molecule has 1 aromatic rings. The summed E-state index contributed by atoms with van der Waals surface area (Å²) in [5.74, 6) is -1.14. The highest BCUT2D eigenvalue weighted by Crippen LogP contribution is 2.33. The van der Waals surface area contributed by atoms with Crippen LogP contribution in [0.15, 0.2) is 42.0 Å². The molecule has 1 N–H and O–H groups in total. The molecule has 5 nitrogen and oxygen atoms in total. The second-order valence-electron chi connectivity index (χ2n) is 7.41. The van der Waals surface area contributed by atoms with Crippen LogP contribution in [0.25, 0.3) is 0 Å². The van der Waals surface area contributed by atoms with E-state index in [0.717, 1.165) is 11.1 Å². The summed E-state index contributed by atoms with van der Waals surface area (Å²) in [5.41, 5.74) is 1.15. The number of carbonyl (C=O) groups excluding carboxylic acids is 2. The molecule has 1 aliphatic rings. The van der Waals surface area contributed by atoms with Gasteiger partial charge in [-0.25, -0.2) is 9.69 Å². The predicted octanol–water partition coefficient (Wildman–Crippen LogP) is 3.32. The number of allylic oxidation sites excluding steroid dienone is 1. The largest absolute Gasteiger partial charge is 0.441 e. The molecule has 0 aromatic heterocycles. The number of hydrogen-bond donors (Lipinski definition) is 1. The van der Waals surface area contributed by atoms with Crippen molar-refractivity contribution in [3.8, 4) is 0 Å². The SMILES string of the molecule is CC(C)=C[C@@H](O)[C@H](C)C(=O)N1C(=O)OC(C)(C)[C@@H]1Cc1ccccc1. The summed E-state index contributed by atoms with van der Waals surface area (Å²) >= 11 is 0. The van der Waals surface area contributed by atoms with E-state index in [1.165, 1.54) is 4.90 Å². The van der Waals surface area contributed by atoms with Crippen LogP contribution in [0.5, 0.6) is 0 Å². The van der Waals surface area contributed by atoms with Gasteiger partial charge in [-0.15, -0.1) is 0 Å². The third-order valence-corrected chi connectivity index (χ3v) is 4.58. The fourth-order valence-corrected chi connectivity index (χ4v) is 3.05. The molecule has 1 aliphatic heterocycles. The highest BCUT2D eigenvalue weighted by atomic mass is 16.6. The normalized spacial score (nSPS) is 21.4. The van der Waals surface area contributed by atoms with Gasteiger partial charge in [0, 0.05) is 0 Å². The van der Waals surface area contributed by atoms with Crippen molar-refractivity contribution >= 4 is 12.0 Å². The lowest BCUT2D eigenvalue weighted by Crippen LogP contribution is -2.49. The first-order valence-corrected chi connectivity index (χ1v) is 8.56. The number of benzene rings is 1. The first-order chi connectivity index (χ1) is 11.6. The maximum atomic E-state index is 12.9. The lowest BCUT2D eigenvalue weighted by Gasteiger charge is -2.30. The first kappa shape index (κ1) is 19.2. The molecule has 0 bridgehead atoms. The van der Waals surface area contributed by atoms with Crippen LogP contribution in [-0.4, -0.2) is 39.8 Å². The Morgan fingerprint density at radius 3 is 2.48 bits per heavy atom. The Bertz CT molecular complexity index is 662. The quantitative estimate of drug-likeness (QED) is 0.832. The Hall–Kier alpha value is -2.14. The summed E-state index contributed by atoms with van der Waals surface area (Å²) in [7, 11) is 0. The van der Waals surface area contributed by atoms with E-state index in [1.807, 2.05) is 58.0 Å². The molecule has 1 heterocycles. The number of carbonyl (C=O) groups is 2. The maximum absolute atomic E-state index is 12.9. The summed E-state index contributed by atoms with van der Waals surface area (Å²) < 4.78 is 5.45. The Balaban J connectivity index is 2.27.